The summed E-state index contributed by atoms with van der Waals surface area (Å²) in [6, 6.07) is 16.0. The largest absolute Gasteiger partial charge is 0.383 e. The van der Waals surface area contributed by atoms with Crippen molar-refractivity contribution < 1.29 is 4.92 Å². The van der Waals surface area contributed by atoms with Crippen molar-refractivity contribution in [1.29, 1.82) is 5.26 Å². The number of aromatic nitrogens is 3. The number of nitriles is 1. The van der Waals surface area contributed by atoms with Crippen molar-refractivity contribution in [2.75, 3.05) is 36.8 Å². The molecule has 5 rings (SSSR count). The minimum atomic E-state index is -0.472. The highest BCUT2D eigenvalue weighted by Gasteiger charge is 2.21. The molecule has 4 aromatic rings. The maximum atomic E-state index is 11.1. The average molecular weight is 440 g/mol. The molecule has 2 aromatic carbocycles. The van der Waals surface area contributed by atoms with Crippen LogP contribution >= 0.6 is 0 Å². The first kappa shape index (κ1) is 20.5. The number of nitro groups is 1. The van der Waals surface area contributed by atoms with Gasteiger partial charge in [0, 0.05) is 49.1 Å². The van der Waals surface area contributed by atoms with Gasteiger partial charge in [-0.1, -0.05) is 12.1 Å². The van der Waals surface area contributed by atoms with Crippen molar-refractivity contribution in [3.63, 3.8) is 0 Å². The molecule has 1 aliphatic rings. The lowest BCUT2D eigenvalue weighted by Crippen LogP contribution is -2.46. The van der Waals surface area contributed by atoms with Crippen molar-refractivity contribution in [2.24, 2.45) is 0 Å². The van der Waals surface area contributed by atoms with E-state index < -0.39 is 4.92 Å². The number of anilines is 2. The number of piperazine rings is 1. The van der Waals surface area contributed by atoms with E-state index in [2.05, 4.69) is 30.8 Å². The van der Waals surface area contributed by atoms with Gasteiger partial charge in [-0.2, -0.15) is 5.26 Å². The number of nitro benzene ring substituents is 1. The predicted molar refractivity (Wildman–Crippen MR) is 125 cm³/mol. The molecule has 10 heteroatoms. The highest BCUT2D eigenvalue weighted by molar-refractivity contribution is 5.89. The van der Waals surface area contributed by atoms with Crippen molar-refractivity contribution in [2.45, 2.75) is 6.54 Å². The molecule has 0 radical (unpaired) electrons. The summed E-state index contributed by atoms with van der Waals surface area (Å²) in [4.78, 5) is 28.7. The van der Waals surface area contributed by atoms with Gasteiger partial charge in [-0.25, -0.2) is 15.0 Å². The van der Waals surface area contributed by atoms with E-state index in [1.54, 1.807) is 12.1 Å². The Labute approximate surface area is 189 Å². The summed E-state index contributed by atoms with van der Waals surface area (Å²) in [6.45, 7) is 3.59. The highest BCUT2D eigenvalue weighted by Crippen LogP contribution is 2.27. The summed E-state index contributed by atoms with van der Waals surface area (Å²) in [5.74, 6) is 1.87. The van der Waals surface area contributed by atoms with Gasteiger partial charge < -0.3 is 10.6 Å². The zero-order valence-electron chi connectivity index (χ0n) is 17.7. The monoisotopic (exact) mass is 440 g/mol. The Morgan fingerprint density at radius 3 is 2.52 bits per heavy atom. The second-order valence-corrected chi connectivity index (χ2v) is 7.90. The zero-order valence-corrected chi connectivity index (χ0v) is 17.7. The summed E-state index contributed by atoms with van der Waals surface area (Å²) < 4.78 is 0. The summed E-state index contributed by atoms with van der Waals surface area (Å²) >= 11 is 0. The molecule has 0 saturated carbocycles. The van der Waals surface area contributed by atoms with Gasteiger partial charge in [0.1, 0.15) is 17.5 Å². The van der Waals surface area contributed by atoms with Crippen LogP contribution in [0.5, 0.6) is 0 Å². The molecule has 0 bridgehead atoms. The third-order valence-electron chi connectivity index (χ3n) is 5.85. The molecule has 164 valence electrons. The first-order valence-corrected chi connectivity index (χ1v) is 10.5. The Balaban J connectivity index is 1.32. The minimum absolute atomic E-state index is 0.0567. The second-order valence-electron chi connectivity index (χ2n) is 7.90. The van der Waals surface area contributed by atoms with Crippen LogP contribution in [0.25, 0.3) is 21.8 Å². The van der Waals surface area contributed by atoms with Crippen molar-refractivity contribution >= 4 is 39.1 Å². The summed E-state index contributed by atoms with van der Waals surface area (Å²) in [5, 5.41) is 22.0. The number of hydrogen-bond donors (Lipinski definition) is 1. The third-order valence-corrected chi connectivity index (χ3v) is 5.85. The Morgan fingerprint density at radius 1 is 1.00 bits per heavy atom. The van der Waals surface area contributed by atoms with Crippen LogP contribution in [-0.2, 0) is 6.54 Å². The number of rotatable bonds is 4. The van der Waals surface area contributed by atoms with Crippen LogP contribution in [0.3, 0.4) is 0 Å². The van der Waals surface area contributed by atoms with E-state index in [-0.39, 0.29) is 5.69 Å². The minimum Gasteiger partial charge on any atom is -0.383 e. The summed E-state index contributed by atoms with van der Waals surface area (Å²) in [7, 11) is 0. The molecule has 3 heterocycles. The number of non-ortho nitro benzene ring substituents is 1. The number of nitrogens with two attached hydrogens (primary N) is 1. The zero-order chi connectivity index (χ0) is 22.9. The molecule has 0 amide bonds. The molecule has 2 aromatic heterocycles. The predicted octanol–water partition coefficient (Wildman–Crippen LogP) is 2.86. The molecular weight excluding hydrogens is 420 g/mol. The van der Waals surface area contributed by atoms with Gasteiger partial charge in [0.25, 0.3) is 5.69 Å². The average Bonchev–Trinajstić information content (AvgIpc) is 2.83. The number of pyridine rings is 1. The van der Waals surface area contributed by atoms with Gasteiger partial charge in [-0.15, -0.1) is 0 Å². The van der Waals surface area contributed by atoms with Gasteiger partial charge in [-0.05, 0) is 24.3 Å². The number of fused-ring (bicyclic) bond motifs is 2. The number of para-hydroxylation sites is 1. The lowest BCUT2D eigenvalue weighted by Gasteiger charge is -2.35. The molecule has 1 fully saturated rings. The number of hydrogen-bond acceptors (Lipinski definition) is 9. The van der Waals surface area contributed by atoms with E-state index in [0.29, 0.717) is 40.5 Å². The van der Waals surface area contributed by atoms with Crippen LogP contribution in [0.1, 0.15) is 11.4 Å². The number of benzene rings is 2. The molecule has 33 heavy (non-hydrogen) atoms. The van der Waals surface area contributed by atoms with E-state index in [4.69, 9.17) is 5.73 Å². The third kappa shape index (κ3) is 3.97. The molecule has 1 saturated heterocycles. The van der Waals surface area contributed by atoms with Crippen LogP contribution < -0.4 is 10.6 Å². The normalized spacial score (nSPS) is 14.5. The Hall–Kier alpha value is -4.36. The molecule has 0 spiro atoms. The number of nitrogen functional groups attached to an aromatic ring is 1. The number of nitrogens with zero attached hydrogens (tertiary/aromatic N) is 7. The van der Waals surface area contributed by atoms with E-state index in [0.717, 1.165) is 37.1 Å². The second kappa shape index (κ2) is 8.29. The molecular formula is C23H20N8O2. The van der Waals surface area contributed by atoms with Gasteiger partial charge in [-0.3, -0.25) is 15.0 Å². The summed E-state index contributed by atoms with van der Waals surface area (Å²) in [6.07, 6.45) is 0. The molecule has 2 N–H and O–H groups in total. The smallest absolute Gasteiger partial charge is 0.270 e. The quantitative estimate of drug-likeness (QED) is 0.375. The standard InChI is InChI=1S/C23H20N8O2/c24-13-15-11-22(27-20-6-5-16(31(32)33)12-18(15)20)30-9-7-29(8-10-30)14-21-26-19-4-2-1-3-17(19)23(25)28-21/h1-6,11-12H,7-10,14H2,(H2,25,26,28). The van der Waals surface area contributed by atoms with E-state index in [1.807, 2.05) is 24.3 Å². The Morgan fingerprint density at radius 2 is 1.76 bits per heavy atom. The van der Waals surface area contributed by atoms with Crippen molar-refractivity contribution in [3.05, 3.63) is 70.0 Å². The highest BCUT2D eigenvalue weighted by atomic mass is 16.6. The topological polar surface area (TPSA) is 138 Å². The molecule has 0 atom stereocenters. The molecule has 0 aliphatic carbocycles. The van der Waals surface area contributed by atoms with Crippen LogP contribution in [0.4, 0.5) is 17.3 Å². The van der Waals surface area contributed by atoms with Crippen molar-refractivity contribution in [1.82, 2.24) is 19.9 Å². The van der Waals surface area contributed by atoms with Crippen LogP contribution in [0, 0.1) is 21.4 Å². The fraction of sp³-hybridized carbons (Fsp3) is 0.217. The lowest BCUT2D eigenvalue weighted by molar-refractivity contribution is -0.384. The Kier molecular flexibility index (Phi) is 5.16. The maximum Gasteiger partial charge on any atom is 0.270 e. The molecule has 10 nitrogen and oxygen atoms in total. The van der Waals surface area contributed by atoms with Gasteiger partial charge >= 0.3 is 0 Å². The lowest BCUT2D eigenvalue weighted by atomic mass is 10.1. The molecule has 0 unspecified atom stereocenters. The summed E-state index contributed by atoms with van der Waals surface area (Å²) in [5.41, 5.74) is 7.83. The van der Waals surface area contributed by atoms with E-state index in [1.165, 1.54) is 12.1 Å². The van der Waals surface area contributed by atoms with Crippen LogP contribution in [0.15, 0.2) is 48.5 Å². The van der Waals surface area contributed by atoms with Gasteiger partial charge in [0.15, 0.2) is 0 Å². The fourth-order valence-electron chi connectivity index (χ4n) is 4.12. The van der Waals surface area contributed by atoms with E-state index >= 15 is 0 Å². The van der Waals surface area contributed by atoms with Crippen LogP contribution in [-0.4, -0.2) is 51.0 Å². The van der Waals surface area contributed by atoms with Gasteiger partial charge in [0.05, 0.1) is 34.1 Å². The SMILES string of the molecule is N#Cc1cc(N2CCN(Cc3nc(N)c4ccccc4n3)CC2)nc2ccc([N+](=O)[O-])cc12. The molecule has 1 aliphatic heterocycles. The first-order chi connectivity index (χ1) is 16.0. The fourth-order valence-corrected chi connectivity index (χ4v) is 4.12. The van der Waals surface area contributed by atoms with Gasteiger partial charge in [0.2, 0.25) is 0 Å². The van der Waals surface area contributed by atoms with Crippen LogP contribution in [0.2, 0.25) is 0 Å². The van der Waals surface area contributed by atoms with Crippen molar-refractivity contribution in [3.8, 4) is 6.07 Å². The maximum absolute atomic E-state index is 11.1. The Bertz CT molecular complexity index is 1420. The van der Waals surface area contributed by atoms with E-state index in [9.17, 15) is 15.4 Å². The first-order valence-electron chi connectivity index (χ1n) is 10.5.